The van der Waals surface area contributed by atoms with Gasteiger partial charge in [0.25, 0.3) is 0 Å². The van der Waals surface area contributed by atoms with Crippen molar-refractivity contribution < 1.29 is 9.21 Å². The molecule has 0 bridgehead atoms. The van der Waals surface area contributed by atoms with E-state index in [0.29, 0.717) is 17.6 Å². The predicted octanol–water partition coefficient (Wildman–Crippen LogP) is 4.19. The molecule has 3 aromatic rings. The van der Waals surface area contributed by atoms with Crippen LogP contribution in [0.25, 0.3) is 22.2 Å². The highest BCUT2D eigenvalue weighted by atomic mass is 16.4. The fraction of sp³-hybridized carbons (Fsp3) is 0.455. The molecule has 2 N–H and O–H groups in total. The number of pyridine rings is 2. The summed E-state index contributed by atoms with van der Waals surface area (Å²) in [5.41, 5.74) is 1.89. The number of aromatic nitrogens is 3. The van der Waals surface area contributed by atoms with Crippen molar-refractivity contribution in [2.24, 2.45) is 11.8 Å². The summed E-state index contributed by atoms with van der Waals surface area (Å²) in [5, 5.41) is 7.83. The SMILES string of the molecule is CCC1CCc2oc(-c3cnc(NC)c4cnc(NC(=O)C5CC5)cc34)nc2C1. The Kier molecular flexibility index (Phi) is 4.45. The van der Waals surface area contributed by atoms with E-state index < -0.39 is 0 Å². The highest BCUT2D eigenvalue weighted by Gasteiger charge is 2.30. The Morgan fingerprint density at radius 2 is 2.07 bits per heavy atom. The number of carbonyl (C=O) groups is 1. The third-order valence-electron chi connectivity index (χ3n) is 6.06. The van der Waals surface area contributed by atoms with Crippen molar-refractivity contribution in [1.29, 1.82) is 0 Å². The van der Waals surface area contributed by atoms with Crippen LogP contribution < -0.4 is 10.6 Å². The maximum absolute atomic E-state index is 12.2. The van der Waals surface area contributed by atoms with Crippen LogP contribution in [0.3, 0.4) is 0 Å². The number of hydrogen-bond acceptors (Lipinski definition) is 6. The lowest BCUT2D eigenvalue weighted by atomic mass is 9.88. The zero-order valence-corrected chi connectivity index (χ0v) is 16.8. The van der Waals surface area contributed by atoms with Crippen molar-refractivity contribution in [1.82, 2.24) is 15.0 Å². The van der Waals surface area contributed by atoms with Gasteiger partial charge in [-0.05, 0) is 37.7 Å². The van der Waals surface area contributed by atoms with E-state index in [1.807, 2.05) is 13.1 Å². The number of oxazole rings is 1. The molecule has 1 amide bonds. The lowest BCUT2D eigenvalue weighted by Gasteiger charge is -2.17. The third-order valence-corrected chi connectivity index (χ3v) is 6.06. The van der Waals surface area contributed by atoms with E-state index in [9.17, 15) is 4.79 Å². The van der Waals surface area contributed by atoms with Gasteiger partial charge in [-0.1, -0.05) is 13.3 Å². The molecule has 0 radical (unpaired) electrons. The van der Waals surface area contributed by atoms with Gasteiger partial charge in [0.1, 0.15) is 17.4 Å². The zero-order valence-electron chi connectivity index (χ0n) is 16.8. The Morgan fingerprint density at radius 3 is 2.83 bits per heavy atom. The molecular formula is C22H25N5O2. The first-order valence-corrected chi connectivity index (χ1v) is 10.4. The molecule has 150 valence electrons. The van der Waals surface area contributed by atoms with Gasteiger partial charge in [-0.15, -0.1) is 0 Å². The summed E-state index contributed by atoms with van der Waals surface area (Å²) in [7, 11) is 1.83. The molecule has 7 nitrogen and oxygen atoms in total. The summed E-state index contributed by atoms with van der Waals surface area (Å²) in [5.74, 6) is 3.71. The van der Waals surface area contributed by atoms with E-state index in [2.05, 4.69) is 27.5 Å². The molecule has 1 unspecified atom stereocenters. The molecule has 29 heavy (non-hydrogen) atoms. The number of aryl methyl sites for hydroxylation is 1. The minimum Gasteiger partial charge on any atom is -0.441 e. The topological polar surface area (TPSA) is 92.9 Å². The van der Waals surface area contributed by atoms with Crippen LogP contribution in [0.2, 0.25) is 0 Å². The number of anilines is 2. The fourth-order valence-electron chi connectivity index (χ4n) is 4.06. The molecule has 0 saturated heterocycles. The van der Waals surface area contributed by atoms with E-state index >= 15 is 0 Å². The van der Waals surface area contributed by atoms with Gasteiger partial charge in [0, 0.05) is 42.6 Å². The van der Waals surface area contributed by atoms with Gasteiger partial charge in [0.15, 0.2) is 0 Å². The van der Waals surface area contributed by atoms with Gasteiger partial charge in [0.05, 0.1) is 11.3 Å². The van der Waals surface area contributed by atoms with E-state index in [-0.39, 0.29) is 11.8 Å². The molecular weight excluding hydrogens is 366 g/mol. The summed E-state index contributed by atoms with van der Waals surface area (Å²) in [6.07, 6.45) is 9.67. The third kappa shape index (κ3) is 3.34. The Balaban J connectivity index is 1.57. The molecule has 5 rings (SSSR count). The Bertz CT molecular complexity index is 1090. The zero-order chi connectivity index (χ0) is 20.0. The van der Waals surface area contributed by atoms with Crippen LogP contribution in [0.5, 0.6) is 0 Å². The summed E-state index contributed by atoms with van der Waals surface area (Å²) >= 11 is 0. The van der Waals surface area contributed by atoms with Gasteiger partial charge < -0.3 is 15.1 Å². The van der Waals surface area contributed by atoms with Gasteiger partial charge in [0.2, 0.25) is 11.8 Å². The number of hydrogen-bond donors (Lipinski definition) is 2. The molecule has 2 aliphatic carbocycles. The van der Waals surface area contributed by atoms with Crippen LogP contribution in [0.1, 0.15) is 44.1 Å². The number of fused-ring (bicyclic) bond motifs is 2. The van der Waals surface area contributed by atoms with Crippen molar-refractivity contribution in [2.45, 2.75) is 45.4 Å². The van der Waals surface area contributed by atoms with Gasteiger partial charge in [-0.2, -0.15) is 0 Å². The maximum atomic E-state index is 12.2. The minimum atomic E-state index is 0.0403. The Labute approximate surface area is 169 Å². The standard InChI is InChI=1S/C22H25N5O2/c1-3-12-4-7-18-17(8-12)26-22(29-18)16-11-25-20(23-2)15-10-24-19(9-14(15)16)27-21(28)13-5-6-13/h9-13H,3-8H2,1-2H3,(H,23,25)(H,24,27,28). The second-order valence-corrected chi connectivity index (χ2v) is 8.06. The van der Waals surface area contributed by atoms with Crippen LogP contribution in [0.4, 0.5) is 11.6 Å². The summed E-state index contributed by atoms with van der Waals surface area (Å²) in [6.45, 7) is 2.23. The average molecular weight is 391 g/mol. The van der Waals surface area contributed by atoms with Gasteiger partial charge in [-0.3, -0.25) is 4.79 Å². The molecule has 7 heteroatoms. The van der Waals surface area contributed by atoms with Crippen LogP contribution in [-0.2, 0) is 17.6 Å². The van der Waals surface area contributed by atoms with E-state index in [1.165, 1.54) is 6.42 Å². The molecule has 0 spiro atoms. The highest BCUT2D eigenvalue weighted by Crippen LogP contribution is 2.36. The lowest BCUT2D eigenvalue weighted by molar-refractivity contribution is -0.117. The molecule has 2 aliphatic rings. The first kappa shape index (κ1) is 18.1. The normalized spacial score (nSPS) is 18.5. The van der Waals surface area contributed by atoms with Gasteiger partial charge in [-0.25, -0.2) is 15.0 Å². The smallest absolute Gasteiger partial charge is 0.228 e. The number of carbonyl (C=O) groups excluding carboxylic acids is 1. The quantitative estimate of drug-likeness (QED) is 0.677. The minimum absolute atomic E-state index is 0.0403. The summed E-state index contributed by atoms with van der Waals surface area (Å²) < 4.78 is 6.16. The first-order valence-electron chi connectivity index (χ1n) is 10.4. The Morgan fingerprint density at radius 1 is 1.21 bits per heavy atom. The molecule has 3 heterocycles. The maximum Gasteiger partial charge on any atom is 0.228 e. The summed E-state index contributed by atoms with van der Waals surface area (Å²) in [4.78, 5) is 25.9. The molecule has 0 aliphatic heterocycles. The van der Waals surface area contributed by atoms with E-state index in [0.717, 1.165) is 65.7 Å². The first-order chi connectivity index (χ1) is 14.2. The van der Waals surface area contributed by atoms with E-state index in [4.69, 9.17) is 9.40 Å². The number of nitrogens with one attached hydrogen (secondary N) is 2. The molecule has 3 aromatic heterocycles. The highest BCUT2D eigenvalue weighted by molar-refractivity contribution is 6.02. The number of rotatable bonds is 5. The molecule has 1 saturated carbocycles. The average Bonchev–Trinajstić information content (AvgIpc) is 3.51. The van der Waals surface area contributed by atoms with Crippen LogP contribution in [-0.4, -0.2) is 27.9 Å². The molecule has 1 fully saturated rings. The van der Waals surface area contributed by atoms with Crippen LogP contribution in [0.15, 0.2) is 22.9 Å². The van der Waals surface area contributed by atoms with Crippen molar-refractivity contribution in [3.8, 4) is 11.5 Å². The molecule has 0 aromatic carbocycles. The second-order valence-electron chi connectivity index (χ2n) is 8.06. The Hall–Kier alpha value is -2.96. The predicted molar refractivity (Wildman–Crippen MR) is 112 cm³/mol. The van der Waals surface area contributed by atoms with Crippen LogP contribution >= 0.6 is 0 Å². The van der Waals surface area contributed by atoms with Crippen LogP contribution in [0, 0.1) is 11.8 Å². The van der Waals surface area contributed by atoms with Crippen molar-refractivity contribution in [2.75, 3.05) is 17.7 Å². The second kappa shape index (κ2) is 7.13. The number of nitrogens with zero attached hydrogens (tertiary/aromatic N) is 3. The summed E-state index contributed by atoms with van der Waals surface area (Å²) in [6, 6.07) is 1.89. The van der Waals surface area contributed by atoms with Crippen molar-refractivity contribution >= 4 is 28.3 Å². The number of amides is 1. The van der Waals surface area contributed by atoms with Gasteiger partial charge >= 0.3 is 0 Å². The fourth-order valence-corrected chi connectivity index (χ4v) is 4.06. The largest absolute Gasteiger partial charge is 0.441 e. The lowest BCUT2D eigenvalue weighted by Crippen LogP contribution is -2.14. The van der Waals surface area contributed by atoms with Crippen molar-refractivity contribution in [3.05, 3.63) is 29.9 Å². The van der Waals surface area contributed by atoms with Crippen molar-refractivity contribution in [3.63, 3.8) is 0 Å². The monoisotopic (exact) mass is 391 g/mol. The molecule has 1 atom stereocenters. The van der Waals surface area contributed by atoms with E-state index in [1.54, 1.807) is 12.4 Å².